The summed E-state index contributed by atoms with van der Waals surface area (Å²) in [6, 6.07) is 3.27. The maximum absolute atomic E-state index is 13.0. The number of carboxylic acids is 1. The summed E-state index contributed by atoms with van der Waals surface area (Å²) in [6.07, 6.45) is 2.15. The highest BCUT2D eigenvalue weighted by atomic mass is 16.5. The molecule has 0 radical (unpaired) electrons. The quantitative estimate of drug-likeness (QED) is 0.126. The van der Waals surface area contributed by atoms with E-state index in [1.165, 1.54) is 6.92 Å². The van der Waals surface area contributed by atoms with Crippen LogP contribution in [0.4, 0.5) is 10.5 Å². The summed E-state index contributed by atoms with van der Waals surface area (Å²) in [5.41, 5.74) is 6.16. The van der Waals surface area contributed by atoms with Crippen LogP contribution in [0.15, 0.2) is 24.3 Å². The van der Waals surface area contributed by atoms with Crippen molar-refractivity contribution in [2.24, 2.45) is 5.73 Å². The van der Waals surface area contributed by atoms with E-state index in [2.05, 4.69) is 21.3 Å². The summed E-state index contributed by atoms with van der Waals surface area (Å²) in [6.45, 7) is 3.48. The van der Waals surface area contributed by atoms with Gasteiger partial charge in [0.05, 0.1) is 6.42 Å². The zero-order valence-corrected chi connectivity index (χ0v) is 21.7. The van der Waals surface area contributed by atoms with E-state index in [1.54, 1.807) is 24.3 Å². The van der Waals surface area contributed by atoms with Gasteiger partial charge in [-0.05, 0) is 37.0 Å². The number of nitrogens with one attached hydrogen (secondary N) is 4. The highest BCUT2D eigenvalue weighted by Gasteiger charge is 2.28. The molecule has 0 fully saturated rings. The molecule has 0 unspecified atom stereocenters. The molecule has 0 heterocycles. The number of unbranched alkanes of at least 4 members (excludes halogenated alkanes) is 2. The lowest BCUT2D eigenvalue weighted by atomic mass is 10.1. The summed E-state index contributed by atoms with van der Waals surface area (Å²) in [4.78, 5) is 71.4. The molecule has 13 nitrogen and oxygen atoms in total. The molecule has 0 aromatic heterocycles. The third kappa shape index (κ3) is 13.8. The lowest BCUT2D eigenvalue weighted by Gasteiger charge is -2.22. The number of nitrogens with two attached hydrogens (primary N) is 1. The first kappa shape index (κ1) is 31.9. The molecule has 5 amide bonds. The number of urea groups is 1. The Morgan fingerprint density at radius 3 is 2.21 bits per heavy atom. The molecule has 13 heteroatoms. The van der Waals surface area contributed by atoms with E-state index in [9.17, 15) is 33.9 Å². The number of anilines is 1. The van der Waals surface area contributed by atoms with Crippen molar-refractivity contribution in [2.45, 2.75) is 77.5 Å². The standard InChI is InChI=1S/C25H37N5O8/c1-3-4-5-8-21(32)29-20(14-22(33)34)24(36)30-19(7-6-13-27-25(26)37)23(35)28-18-11-9-17(10-12-18)15-38-16(2)31/h9-12,19-20H,3-8,13-15H2,1-2H3,(H,28,35)(H,29,32)(H,30,36)(H,33,34)(H3,26,27,37)/t19-,20-/m0/s1. The van der Waals surface area contributed by atoms with Gasteiger partial charge in [-0.1, -0.05) is 31.9 Å². The van der Waals surface area contributed by atoms with Crippen molar-refractivity contribution >= 4 is 41.4 Å². The van der Waals surface area contributed by atoms with Crippen molar-refractivity contribution in [1.29, 1.82) is 0 Å². The fraction of sp³-hybridized carbons (Fsp3) is 0.520. The lowest BCUT2D eigenvalue weighted by Crippen LogP contribution is -2.53. The molecule has 1 aromatic rings. The topological polar surface area (TPSA) is 206 Å². The highest BCUT2D eigenvalue weighted by molar-refractivity contribution is 5.99. The van der Waals surface area contributed by atoms with E-state index in [4.69, 9.17) is 10.5 Å². The van der Waals surface area contributed by atoms with Crippen LogP contribution in [-0.4, -0.2) is 59.4 Å². The first-order chi connectivity index (χ1) is 18.0. The van der Waals surface area contributed by atoms with E-state index >= 15 is 0 Å². The van der Waals surface area contributed by atoms with Gasteiger partial charge in [-0.15, -0.1) is 0 Å². The minimum Gasteiger partial charge on any atom is -0.481 e. The van der Waals surface area contributed by atoms with Crippen molar-refractivity contribution in [2.75, 3.05) is 11.9 Å². The summed E-state index contributed by atoms with van der Waals surface area (Å²) in [5.74, 6) is -3.59. The van der Waals surface area contributed by atoms with Crippen molar-refractivity contribution in [3.8, 4) is 0 Å². The molecule has 210 valence electrons. The third-order valence-electron chi connectivity index (χ3n) is 5.30. The smallest absolute Gasteiger partial charge is 0.312 e. The van der Waals surface area contributed by atoms with Gasteiger partial charge in [0.2, 0.25) is 17.7 Å². The molecule has 2 atom stereocenters. The number of hydrogen-bond donors (Lipinski definition) is 6. The first-order valence-corrected chi connectivity index (χ1v) is 12.4. The van der Waals surface area contributed by atoms with Gasteiger partial charge < -0.3 is 36.8 Å². The molecule has 0 spiro atoms. The molecular formula is C25H37N5O8. The van der Waals surface area contributed by atoms with Crippen molar-refractivity contribution in [3.63, 3.8) is 0 Å². The largest absolute Gasteiger partial charge is 0.481 e. The van der Waals surface area contributed by atoms with Gasteiger partial charge in [0, 0.05) is 25.6 Å². The van der Waals surface area contributed by atoms with E-state index < -0.39 is 54.2 Å². The van der Waals surface area contributed by atoms with Gasteiger partial charge in [-0.3, -0.25) is 24.0 Å². The second-order valence-corrected chi connectivity index (χ2v) is 8.64. The predicted molar refractivity (Wildman–Crippen MR) is 138 cm³/mol. The van der Waals surface area contributed by atoms with Crippen molar-refractivity contribution in [1.82, 2.24) is 16.0 Å². The normalized spacial score (nSPS) is 11.9. The lowest BCUT2D eigenvalue weighted by molar-refractivity contribution is -0.142. The molecule has 38 heavy (non-hydrogen) atoms. The number of aliphatic carboxylic acids is 1. The number of hydrogen-bond acceptors (Lipinski definition) is 7. The minimum atomic E-state index is -1.37. The van der Waals surface area contributed by atoms with Gasteiger partial charge in [-0.2, -0.15) is 0 Å². The Balaban J connectivity index is 2.92. The van der Waals surface area contributed by atoms with Crippen molar-refractivity contribution in [3.05, 3.63) is 29.8 Å². The first-order valence-electron chi connectivity index (χ1n) is 12.4. The van der Waals surface area contributed by atoms with E-state index in [0.717, 1.165) is 12.8 Å². The van der Waals surface area contributed by atoms with Gasteiger partial charge in [0.25, 0.3) is 0 Å². The Labute approximate surface area is 221 Å². The number of rotatable bonds is 17. The van der Waals surface area contributed by atoms with Crippen LogP contribution in [0.2, 0.25) is 0 Å². The SMILES string of the molecule is CCCCCC(=O)N[C@@H](CC(=O)O)C(=O)N[C@@H](CCCNC(N)=O)C(=O)Nc1ccc(COC(C)=O)cc1. The van der Waals surface area contributed by atoms with Crippen LogP contribution in [0, 0.1) is 0 Å². The molecule has 0 aliphatic rings. The number of primary amides is 1. The Kier molecular flexibility index (Phi) is 14.5. The second kappa shape index (κ2) is 17.3. The molecule has 7 N–H and O–H groups in total. The van der Waals surface area contributed by atoms with E-state index in [0.29, 0.717) is 17.7 Å². The minimum absolute atomic E-state index is 0.0736. The molecule has 0 bridgehead atoms. The third-order valence-corrected chi connectivity index (χ3v) is 5.30. The Morgan fingerprint density at radius 2 is 1.63 bits per heavy atom. The second-order valence-electron chi connectivity index (χ2n) is 8.64. The average molecular weight is 536 g/mol. The van der Waals surface area contributed by atoms with Crippen LogP contribution in [0.25, 0.3) is 0 Å². The number of esters is 1. The zero-order chi connectivity index (χ0) is 28.5. The van der Waals surface area contributed by atoms with E-state index in [1.807, 2.05) is 6.92 Å². The average Bonchev–Trinajstić information content (AvgIpc) is 2.84. The summed E-state index contributed by atoms with van der Waals surface area (Å²) in [7, 11) is 0. The molecular weight excluding hydrogens is 498 g/mol. The number of carbonyl (C=O) groups is 6. The van der Waals surface area contributed by atoms with Crippen LogP contribution in [0.3, 0.4) is 0 Å². The van der Waals surface area contributed by atoms with Gasteiger partial charge in [0.15, 0.2) is 0 Å². The Bertz CT molecular complexity index is 967. The number of ether oxygens (including phenoxy) is 1. The zero-order valence-electron chi connectivity index (χ0n) is 21.7. The number of carboxylic acid groups (broad SMARTS) is 1. The van der Waals surface area contributed by atoms with Gasteiger partial charge >= 0.3 is 18.0 Å². The molecule has 0 saturated carbocycles. The van der Waals surface area contributed by atoms with E-state index in [-0.39, 0.29) is 32.4 Å². The maximum atomic E-state index is 13.0. The summed E-state index contributed by atoms with van der Waals surface area (Å²) in [5, 5.41) is 19.2. The molecule has 0 aliphatic carbocycles. The molecule has 0 saturated heterocycles. The molecule has 0 aliphatic heterocycles. The fourth-order valence-corrected chi connectivity index (χ4v) is 3.34. The highest BCUT2D eigenvalue weighted by Crippen LogP contribution is 2.12. The van der Waals surface area contributed by atoms with Crippen LogP contribution in [0.5, 0.6) is 0 Å². The number of benzene rings is 1. The summed E-state index contributed by atoms with van der Waals surface area (Å²) >= 11 is 0. The van der Waals surface area contributed by atoms with Crippen LogP contribution < -0.4 is 27.0 Å². The Morgan fingerprint density at radius 1 is 0.947 bits per heavy atom. The number of carbonyl (C=O) groups excluding carboxylic acids is 5. The van der Waals surface area contributed by atoms with Gasteiger partial charge in [0.1, 0.15) is 18.7 Å². The summed E-state index contributed by atoms with van der Waals surface area (Å²) < 4.78 is 4.92. The molecule has 1 aromatic carbocycles. The monoisotopic (exact) mass is 535 g/mol. The van der Waals surface area contributed by atoms with Crippen LogP contribution in [0.1, 0.15) is 64.4 Å². The Hall–Kier alpha value is -4.16. The van der Waals surface area contributed by atoms with Crippen LogP contribution in [-0.2, 0) is 35.3 Å². The predicted octanol–water partition coefficient (Wildman–Crippen LogP) is 1.16. The fourth-order valence-electron chi connectivity index (χ4n) is 3.34. The van der Waals surface area contributed by atoms with Crippen LogP contribution >= 0.6 is 0 Å². The molecule has 1 rings (SSSR count). The number of amides is 5. The maximum Gasteiger partial charge on any atom is 0.312 e. The van der Waals surface area contributed by atoms with Gasteiger partial charge in [-0.25, -0.2) is 4.79 Å². The van der Waals surface area contributed by atoms with Crippen molar-refractivity contribution < 1.29 is 38.6 Å².